The number of ether oxygens (including phenoxy) is 1. The van der Waals surface area contributed by atoms with Crippen molar-refractivity contribution >= 4 is 39.2 Å². The van der Waals surface area contributed by atoms with E-state index in [-0.39, 0.29) is 17.8 Å². The van der Waals surface area contributed by atoms with E-state index in [9.17, 15) is 9.18 Å². The summed E-state index contributed by atoms with van der Waals surface area (Å²) in [6.07, 6.45) is 0. The predicted molar refractivity (Wildman–Crippen MR) is 132 cm³/mol. The van der Waals surface area contributed by atoms with Gasteiger partial charge in [0.05, 0.1) is 6.61 Å². The Labute approximate surface area is 201 Å². The SMILES string of the molecule is CCOC(=O)c1sc2cccc(F)c2c1CSc1nnc(-c2ccc(C(C)(C)C)cc2)n1C. The molecule has 0 bridgehead atoms. The highest BCUT2D eigenvalue weighted by atomic mass is 32.2. The quantitative estimate of drug-likeness (QED) is 0.228. The molecule has 0 saturated carbocycles. The molecular weight excluding hydrogens is 457 g/mol. The highest BCUT2D eigenvalue weighted by Gasteiger charge is 2.23. The summed E-state index contributed by atoms with van der Waals surface area (Å²) in [5.74, 6) is 0.369. The first-order valence-electron chi connectivity index (χ1n) is 10.7. The molecule has 0 atom stereocenters. The van der Waals surface area contributed by atoms with Gasteiger partial charge >= 0.3 is 5.97 Å². The number of thioether (sulfide) groups is 1. The fourth-order valence-electron chi connectivity index (χ4n) is 3.61. The number of nitrogens with zero attached hydrogens (tertiary/aromatic N) is 3. The number of thiophene rings is 1. The molecule has 0 unspecified atom stereocenters. The first kappa shape index (κ1) is 23.4. The molecule has 0 aliphatic heterocycles. The van der Waals surface area contributed by atoms with E-state index in [0.29, 0.717) is 26.7 Å². The normalized spacial score (nSPS) is 11.8. The lowest BCUT2D eigenvalue weighted by Crippen LogP contribution is -2.10. The molecule has 0 radical (unpaired) electrons. The highest BCUT2D eigenvalue weighted by molar-refractivity contribution is 7.98. The highest BCUT2D eigenvalue weighted by Crippen LogP contribution is 2.37. The topological polar surface area (TPSA) is 57.0 Å². The number of hydrogen-bond donors (Lipinski definition) is 0. The van der Waals surface area contributed by atoms with Gasteiger partial charge in [0.15, 0.2) is 11.0 Å². The van der Waals surface area contributed by atoms with Crippen LogP contribution in [0.1, 0.15) is 48.5 Å². The van der Waals surface area contributed by atoms with Crippen molar-refractivity contribution in [1.29, 1.82) is 0 Å². The molecule has 4 aromatic rings. The summed E-state index contributed by atoms with van der Waals surface area (Å²) in [5.41, 5.74) is 2.94. The van der Waals surface area contributed by atoms with Gasteiger partial charge in [-0.05, 0) is 35.6 Å². The lowest BCUT2D eigenvalue weighted by Gasteiger charge is -2.19. The molecular formula is C25H26FN3O2S2. The molecule has 5 nitrogen and oxygen atoms in total. The molecule has 0 fully saturated rings. The zero-order valence-corrected chi connectivity index (χ0v) is 20.9. The van der Waals surface area contributed by atoms with Gasteiger partial charge in [0.25, 0.3) is 0 Å². The van der Waals surface area contributed by atoms with Crippen LogP contribution < -0.4 is 0 Å². The number of esters is 1. The maximum atomic E-state index is 14.7. The van der Waals surface area contributed by atoms with E-state index in [1.54, 1.807) is 13.0 Å². The molecule has 33 heavy (non-hydrogen) atoms. The van der Waals surface area contributed by atoms with Crippen molar-refractivity contribution < 1.29 is 13.9 Å². The summed E-state index contributed by atoms with van der Waals surface area (Å²) in [6.45, 7) is 8.57. The van der Waals surface area contributed by atoms with E-state index in [1.165, 1.54) is 34.7 Å². The first-order chi connectivity index (χ1) is 15.7. The molecule has 0 aliphatic rings. The van der Waals surface area contributed by atoms with Gasteiger partial charge in [0.2, 0.25) is 0 Å². The second-order valence-corrected chi connectivity index (χ2v) is 10.7. The third-order valence-corrected chi connectivity index (χ3v) is 7.64. The van der Waals surface area contributed by atoms with Gasteiger partial charge in [-0.2, -0.15) is 0 Å². The average molecular weight is 484 g/mol. The molecule has 2 aromatic heterocycles. The van der Waals surface area contributed by atoms with Gasteiger partial charge in [0.1, 0.15) is 10.7 Å². The molecule has 2 heterocycles. The Balaban J connectivity index is 1.63. The Morgan fingerprint density at radius 3 is 2.55 bits per heavy atom. The van der Waals surface area contributed by atoms with Crippen LogP contribution in [0.5, 0.6) is 0 Å². The van der Waals surface area contributed by atoms with Crippen LogP contribution >= 0.6 is 23.1 Å². The summed E-state index contributed by atoms with van der Waals surface area (Å²) >= 11 is 2.68. The standard InChI is InChI=1S/C25H26FN3O2S2/c1-6-31-23(30)21-17(20-18(26)8-7-9-19(20)33-21)14-32-24-28-27-22(29(24)5)15-10-12-16(13-11-15)25(2,3)4/h7-13H,6,14H2,1-5H3. The zero-order chi connectivity index (χ0) is 23.8. The van der Waals surface area contributed by atoms with Crippen molar-refractivity contribution in [2.24, 2.45) is 7.05 Å². The van der Waals surface area contributed by atoms with Crippen molar-refractivity contribution in [2.45, 2.75) is 44.0 Å². The fraction of sp³-hybridized carbons (Fsp3) is 0.320. The second kappa shape index (κ2) is 9.27. The Kier molecular flexibility index (Phi) is 6.59. The fourth-order valence-corrected chi connectivity index (χ4v) is 5.78. The lowest BCUT2D eigenvalue weighted by atomic mass is 9.87. The number of carbonyl (C=O) groups is 1. The zero-order valence-electron chi connectivity index (χ0n) is 19.3. The van der Waals surface area contributed by atoms with Crippen LogP contribution in [-0.4, -0.2) is 27.3 Å². The maximum absolute atomic E-state index is 14.7. The summed E-state index contributed by atoms with van der Waals surface area (Å²) in [4.78, 5) is 13.0. The monoisotopic (exact) mass is 483 g/mol. The lowest BCUT2D eigenvalue weighted by molar-refractivity contribution is 0.0531. The minimum Gasteiger partial charge on any atom is -0.462 e. The van der Waals surface area contributed by atoms with Crippen molar-refractivity contribution in [3.63, 3.8) is 0 Å². The number of halogens is 1. The van der Waals surface area contributed by atoms with Gasteiger partial charge in [-0.3, -0.25) is 0 Å². The number of rotatable bonds is 6. The summed E-state index contributed by atoms with van der Waals surface area (Å²) in [7, 11) is 1.91. The van der Waals surface area contributed by atoms with Crippen molar-refractivity contribution in [2.75, 3.05) is 6.61 Å². The van der Waals surface area contributed by atoms with Gasteiger partial charge < -0.3 is 9.30 Å². The smallest absolute Gasteiger partial charge is 0.348 e. The van der Waals surface area contributed by atoms with Crippen LogP contribution in [0.4, 0.5) is 4.39 Å². The summed E-state index contributed by atoms with van der Waals surface area (Å²) < 4.78 is 22.5. The Hall–Kier alpha value is -2.71. The molecule has 0 amide bonds. The Bertz CT molecular complexity index is 1300. The first-order valence-corrected chi connectivity index (χ1v) is 12.5. The molecule has 0 aliphatic carbocycles. The molecule has 0 N–H and O–H groups in total. The summed E-state index contributed by atoms with van der Waals surface area (Å²) in [5, 5.41) is 9.88. The van der Waals surface area contributed by atoms with E-state index >= 15 is 0 Å². The van der Waals surface area contributed by atoms with Gasteiger partial charge in [-0.1, -0.05) is 62.9 Å². The molecule has 8 heteroatoms. The van der Waals surface area contributed by atoms with Crippen LogP contribution in [0.25, 0.3) is 21.5 Å². The Morgan fingerprint density at radius 2 is 1.88 bits per heavy atom. The number of carbonyl (C=O) groups excluding carboxylic acids is 1. The molecule has 172 valence electrons. The maximum Gasteiger partial charge on any atom is 0.348 e. The average Bonchev–Trinajstić information content (AvgIpc) is 3.33. The van der Waals surface area contributed by atoms with Crippen LogP contribution in [0.3, 0.4) is 0 Å². The molecule has 0 spiro atoms. The number of hydrogen-bond acceptors (Lipinski definition) is 6. The van der Waals surface area contributed by atoms with Crippen LogP contribution in [0, 0.1) is 5.82 Å². The minimum absolute atomic E-state index is 0.0780. The van der Waals surface area contributed by atoms with Crippen molar-refractivity contribution in [3.8, 4) is 11.4 Å². The van der Waals surface area contributed by atoms with Gasteiger partial charge in [-0.25, -0.2) is 9.18 Å². The second-order valence-electron chi connectivity index (χ2n) is 8.72. The molecule has 0 saturated heterocycles. The van der Waals surface area contributed by atoms with E-state index in [1.807, 2.05) is 17.7 Å². The molecule has 2 aromatic carbocycles. The summed E-state index contributed by atoms with van der Waals surface area (Å²) in [6, 6.07) is 13.2. The van der Waals surface area contributed by atoms with Gasteiger partial charge in [0, 0.05) is 28.5 Å². The van der Waals surface area contributed by atoms with E-state index < -0.39 is 5.97 Å². The van der Waals surface area contributed by atoms with Crippen LogP contribution in [0.2, 0.25) is 0 Å². The number of benzene rings is 2. The van der Waals surface area contributed by atoms with E-state index in [4.69, 9.17) is 4.74 Å². The Morgan fingerprint density at radius 1 is 1.15 bits per heavy atom. The largest absolute Gasteiger partial charge is 0.462 e. The van der Waals surface area contributed by atoms with Crippen molar-refractivity contribution in [3.05, 3.63) is 64.3 Å². The third-order valence-electron chi connectivity index (χ3n) is 5.41. The van der Waals surface area contributed by atoms with E-state index in [0.717, 1.165) is 16.1 Å². The minimum atomic E-state index is -0.425. The van der Waals surface area contributed by atoms with Crippen LogP contribution in [-0.2, 0) is 23.0 Å². The predicted octanol–water partition coefficient (Wildman–Crippen LogP) is 6.60. The third kappa shape index (κ3) is 4.68. The molecule has 4 rings (SSSR count). The number of aromatic nitrogens is 3. The van der Waals surface area contributed by atoms with Crippen molar-refractivity contribution in [1.82, 2.24) is 14.8 Å². The van der Waals surface area contributed by atoms with Crippen LogP contribution in [0.15, 0.2) is 47.6 Å². The number of fused-ring (bicyclic) bond motifs is 1. The van der Waals surface area contributed by atoms with Gasteiger partial charge in [-0.15, -0.1) is 21.5 Å². The van der Waals surface area contributed by atoms with E-state index in [2.05, 4.69) is 55.2 Å².